The van der Waals surface area contributed by atoms with Gasteiger partial charge in [0.1, 0.15) is 0 Å². The molecule has 6 heteroatoms. The lowest BCUT2D eigenvalue weighted by Crippen LogP contribution is -2.08. The zero-order chi connectivity index (χ0) is 12.8. The predicted molar refractivity (Wildman–Crippen MR) is 70.8 cm³/mol. The van der Waals surface area contributed by atoms with E-state index in [9.17, 15) is 0 Å². The Morgan fingerprint density at radius 1 is 1.17 bits per heavy atom. The fourth-order valence-electron chi connectivity index (χ4n) is 1.37. The van der Waals surface area contributed by atoms with Crippen molar-refractivity contribution < 1.29 is 0 Å². The number of rotatable bonds is 5. The van der Waals surface area contributed by atoms with Crippen LogP contribution < -0.4 is 10.6 Å². The molecule has 6 nitrogen and oxygen atoms in total. The third-order valence-corrected chi connectivity index (χ3v) is 2.16. The summed E-state index contributed by atoms with van der Waals surface area (Å²) in [6.45, 7) is 6.18. The van der Waals surface area contributed by atoms with E-state index in [0.717, 1.165) is 11.3 Å². The van der Waals surface area contributed by atoms with E-state index in [2.05, 4.69) is 37.6 Å². The third-order valence-electron chi connectivity index (χ3n) is 2.16. The summed E-state index contributed by atoms with van der Waals surface area (Å²) in [5.74, 6) is 0.745. The van der Waals surface area contributed by atoms with Crippen LogP contribution in [0.15, 0.2) is 36.9 Å². The normalized spacial score (nSPS) is 9.83. The van der Waals surface area contributed by atoms with Crippen LogP contribution in [0.2, 0.25) is 0 Å². The first kappa shape index (κ1) is 12.0. The van der Waals surface area contributed by atoms with Gasteiger partial charge in [-0.05, 0) is 24.6 Å². The summed E-state index contributed by atoms with van der Waals surface area (Å²) in [4.78, 5) is 0. The highest BCUT2D eigenvalue weighted by Gasteiger charge is 2.00. The Morgan fingerprint density at radius 2 is 1.89 bits per heavy atom. The minimum Gasteiger partial charge on any atom is -0.348 e. The van der Waals surface area contributed by atoms with E-state index in [0.29, 0.717) is 18.4 Å². The maximum Gasteiger partial charge on any atom is 0.266 e. The van der Waals surface area contributed by atoms with Gasteiger partial charge in [-0.3, -0.25) is 0 Å². The SMILES string of the molecule is C=CCNc1nnc(Nc2cccc(C)c2)nn1. The molecule has 0 atom stereocenters. The van der Waals surface area contributed by atoms with Crippen molar-refractivity contribution in [3.8, 4) is 0 Å². The molecule has 0 aliphatic carbocycles. The summed E-state index contributed by atoms with van der Waals surface area (Å²) in [7, 11) is 0. The fourth-order valence-corrected chi connectivity index (χ4v) is 1.37. The molecule has 1 heterocycles. The maximum absolute atomic E-state index is 3.93. The number of nitrogens with one attached hydrogen (secondary N) is 2. The van der Waals surface area contributed by atoms with E-state index in [1.807, 2.05) is 31.2 Å². The molecule has 0 unspecified atom stereocenters. The molecule has 92 valence electrons. The van der Waals surface area contributed by atoms with Gasteiger partial charge in [0, 0.05) is 12.2 Å². The first-order valence-electron chi connectivity index (χ1n) is 5.54. The van der Waals surface area contributed by atoms with Gasteiger partial charge < -0.3 is 10.6 Å². The molecule has 1 aromatic heterocycles. The average Bonchev–Trinajstić information content (AvgIpc) is 2.38. The molecule has 0 bridgehead atoms. The zero-order valence-corrected chi connectivity index (χ0v) is 10.1. The van der Waals surface area contributed by atoms with Crippen LogP contribution >= 0.6 is 0 Å². The van der Waals surface area contributed by atoms with Gasteiger partial charge in [0.25, 0.3) is 11.9 Å². The van der Waals surface area contributed by atoms with E-state index in [1.54, 1.807) is 6.08 Å². The van der Waals surface area contributed by atoms with Crippen molar-refractivity contribution in [3.05, 3.63) is 42.5 Å². The maximum atomic E-state index is 3.93. The lowest BCUT2D eigenvalue weighted by Gasteiger charge is -2.04. The van der Waals surface area contributed by atoms with Crippen molar-refractivity contribution in [2.75, 3.05) is 17.2 Å². The second-order valence-corrected chi connectivity index (χ2v) is 3.71. The van der Waals surface area contributed by atoms with Gasteiger partial charge in [-0.1, -0.05) is 18.2 Å². The van der Waals surface area contributed by atoms with E-state index in [-0.39, 0.29) is 0 Å². The number of anilines is 3. The van der Waals surface area contributed by atoms with Gasteiger partial charge in [-0.2, -0.15) is 0 Å². The van der Waals surface area contributed by atoms with Gasteiger partial charge in [0.05, 0.1) is 0 Å². The summed E-state index contributed by atoms with van der Waals surface area (Å²) in [6.07, 6.45) is 1.71. The Morgan fingerprint density at radius 3 is 2.56 bits per heavy atom. The van der Waals surface area contributed by atoms with Crippen LogP contribution in [0.4, 0.5) is 17.6 Å². The second-order valence-electron chi connectivity index (χ2n) is 3.71. The molecule has 0 fully saturated rings. The van der Waals surface area contributed by atoms with Gasteiger partial charge in [0.2, 0.25) is 0 Å². The van der Waals surface area contributed by atoms with Crippen molar-refractivity contribution in [2.24, 2.45) is 0 Å². The van der Waals surface area contributed by atoms with Crippen molar-refractivity contribution in [2.45, 2.75) is 6.92 Å². The topological polar surface area (TPSA) is 75.6 Å². The molecule has 0 spiro atoms. The summed E-state index contributed by atoms with van der Waals surface area (Å²) in [6, 6.07) is 7.90. The standard InChI is InChI=1S/C12H14N6/c1-3-7-13-11-15-17-12(18-16-11)14-10-6-4-5-9(2)8-10/h3-6,8H,1,7H2,2H3,(H,13,15,16)(H,14,17,18). The lowest BCUT2D eigenvalue weighted by molar-refractivity contribution is 0.868. The number of aromatic nitrogens is 4. The monoisotopic (exact) mass is 242 g/mol. The first-order chi connectivity index (χ1) is 8.78. The highest BCUT2D eigenvalue weighted by Crippen LogP contribution is 2.13. The van der Waals surface area contributed by atoms with Crippen molar-refractivity contribution in [1.82, 2.24) is 20.4 Å². The van der Waals surface area contributed by atoms with Crippen molar-refractivity contribution in [3.63, 3.8) is 0 Å². The third kappa shape index (κ3) is 3.24. The smallest absolute Gasteiger partial charge is 0.266 e. The van der Waals surface area contributed by atoms with Gasteiger partial charge in [-0.15, -0.1) is 27.0 Å². The lowest BCUT2D eigenvalue weighted by atomic mass is 10.2. The minimum atomic E-state index is 0.366. The first-order valence-corrected chi connectivity index (χ1v) is 5.54. The van der Waals surface area contributed by atoms with Crippen molar-refractivity contribution in [1.29, 1.82) is 0 Å². The van der Waals surface area contributed by atoms with Crippen LogP contribution in [0.25, 0.3) is 0 Å². The molecule has 2 aromatic rings. The molecule has 0 saturated heterocycles. The summed E-state index contributed by atoms with van der Waals surface area (Å²) < 4.78 is 0. The Kier molecular flexibility index (Phi) is 3.80. The average molecular weight is 242 g/mol. The van der Waals surface area contributed by atoms with E-state index in [4.69, 9.17) is 0 Å². The van der Waals surface area contributed by atoms with Crippen LogP contribution in [-0.4, -0.2) is 26.9 Å². The number of hydrogen-bond acceptors (Lipinski definition) is 6. The number of nitrogens with zero attached hydrogens (tertiary/aromatic N) is 4. The molecule has 0 saturated carbocycles. The summed E-state index contributed by atoms with van der Waals surface area (Å²) in [5, 5.41) is 21.6. The van der Waals surface area contributed by atoms with Gasteiger partial charge in [-0.25, -0.2) is 0 Å². The molecule has 2 N–H and O–H groups in total. The Labute approximate surface area is 105 Å². The largest absolute Gasteiger partial charge is 0.348 e. The molecular formula is C12H14N6. The number of hydrogen-bond donors (Lipinski definition) is 2. The Hall–Kier alpha value is -2.50. The van der Waals surface area contributed by atoms with Crippen LogP contribution in [-0.2, 0) is 0 Å². The molecule has 2 rings (SSSR count). The van der Waals surface area contributed by atoms with E-state index in [1.165, 1.54) is 0 Å². The summed E-state index contributed by atoms with van der Waals surface area (Å²) in [5.41, 5.74) is 2.07. The van der Waals surface area contributed by atoms with Crippen LogP contribution in [0.1, 0.15) is 5.56 Å². The minimum absolute atomic E-state index is 0.366. The fraction of sp³-hybridized carbons (Fsp3) is 0.167. The quantitative estimate of drug-likeness (QED) is 0.780. The zero-order valence-electron chi connectivity index (χ0n) is 10.1. The molecule has 0 amide bonds. The van der Waals surface area contributed by atoms with E-state index >= 15 is 0 Å². The highest BCUT2D eigenvalue weighted by molar-refractivity contribution is 5.53. The Balaban J connectivity index is 2.04. The molecule has 0 aliphatic heterocycles. The van der Waals surface area contributed by atoms with Crippen LogP contribution in [0.3, 0.4) is 0 Å². The predicted octanol–water partition coefficient (Wildman–Crippen LogP) is 1.92. The second kappa shape index (κ2) is 5.72. The van der Waals surface area contributed by atoms with Gasteiger partial charge >= 0.3 is 0 Å². The molecule has 0 aliphatic rings. The van der Waals surface area contributed by atoms with Crippen molar-refractivity contribution >= 4 is 17.6 Å². The molecule has 1 aromatic carbocycles. The number of benzene rings is 1. The summed E-state index contributed by atoms with van der Waals surface area (Å²) >= 11 is 0. The van der Waals surface area contributed by atoms with Crippen LogP contribution in [0, 0.1) is 6.92 Å². The molecular weight excluding hydrogens is 228 g/mol. The molecule has 0 radical (unpaired) electrons. The van der Waals surface area contributed by atoms with Crippen LogP contribution in [0.5, 0.6) is 0 Å². The number of aryl methyl sites for hydroxylation is 1. The Bertz CT molecular complexity index is 522. The van der Waals surface area contributed by atoms with Gasteiger partial charge in [0.15, 0.2) is 0 Å². The highest BCUT2D eigenvalue weighted by atomic mass is 15.4. The molecule has 18 heavy (non-hydrogen) atoms. The van der Waals surface area contributed by atoms with E-state index < -0.39 is 0 Å².